The largest absolute Gasteiger partial charge is 0.354 e. The lowest BCUT2D eigenvalue weighted by Crippen LogP contribution is -2.44. The van der Waals surface area contributed by atoms with Crippen LogP contribution in [0.15, 0.2) is 42.5 Å². The van der Waals surface area contributed by atoms with E-state index in [4.69, 9.17) is 11.6 Å². The van der Waals surface area contributed by atoms with Gasteiger partial charge in [-0.3, -0.25) is 14.5 Å². The summed E-state index contributed by atoms with van der Waals surface area (Å²) in [6.45, 7) is 1.01. The Kier molecular flexibility index (Phi) is 5.83. The number of urea groups is 1. The van der Waals surface area contributed by atoms with Crippen molar-refractivity contribution in [2.45, 2.75) is 18.9 Å². The van der Waals surface area contributed by atoms with Gasteiger partial charge in [-0.1, -0.05) is 23.7 Å². The Hall–Kier alpha value is -3.00. The van der Waals surface area contributed by atoms with Gasteiger partial charge in [-0.15, -0.1) is 0 Å². The van der Waals surface area contributed by atoms with E-state index in [1.165, 1.54) is 6.92 Å². The Morgan fingerprint density at radius 2 is 1.97 bits per heavy atom. The number of nitrogens with zero attached hydrogens (tertiary/aromatic N) is 1. The summed E-state index contributed by atoms with van der Waals surface area (Å²) in [5.74, 6) is -2.98. The molecule has 3 rings (SSSR count). The van der Waals surface area contributed by atoms with Gasteiger partial charge >= 0.3 is 6.03 Å². The molecular formula is C20H18ClF2N3O3. The summed E-state index contributed by atoms with van der Waals surface area (Å²) in [4.78, 5) is 37.8. The van der Waals surface area contributed by atoms with Crippen molar-refractivity contribution in [1.82, 2.24) is 15.5 Å². The first kappa shape index (κ1) is 20.7. The Morgan fingerprint density at radius 3 is 2.69 bits per heavy atom. The van der Waals surface area contributed by atoms with Crippen LogP contribution in [0.3, 0.4) is 0 Å². The smallest absolute Gasteiger partial charge is 0.325 e. The predicted octanol–water partition coefficient (Wildman–Crippen LogP) is 2.74. The van der Waals surface area contributed by atoms with Crippen LogP contribution in [0.5, 0.6) is 0 Å². The van der Waals surface area contributed by atoms with Crippen molar-refractivity contribution in [2.24, 2.45) is 0 Å². The van der Waals surface area contributed by atoms with Crippen LogP contribution < -0.4 is 10.6 Å². The maximum absolute atomic E-state index is 14.1. The van der Waals surface area contributed by atoms with Crippen molar-refractivity contribution in [1.29, 1.82) is 0 Å². The first-order chi connectivity index (χ1) is 13.7. The minimum Gasteiger partial charge on any atom is -0.354 e. The molecule has 0 saturated carbocycles. The number of carbonyl (C=O) groups excluding carboxylic acids is 3. The van der Waals surface area contributed by atoms with E-state index in [-0.39, 0.29) is 12.1 Å². The first-order valence-corrected chi connectivity index (χ1v) is 9.19. The molecule has 0 spiro atoms. The Labute approximate surface area is 170 Å². The zero-order valence-electron chi connectivity index (χ0n) is 15.5. The number of nitrogens with one attached hydrogen (secondary N) is 2. The van der Waals surface area contributed by atoms with E-state index in [1.54, 1.807) is 18.2 Å². The number of rotatable bonds is 6. The van der Waals surface area contributed by atoms with E-state index in [1.807, 2.05) is 6.07 Å². The zero-order valence-corrected chi connectivity index (χ0v) is 16.2. The van der Waals surface area contributed by atoms with Gasteiger partial charge in [0, 0.05) is 17.1 Å². The lowest BCUT2D eigenvalue weighted by molar-refractivity contribution is -0.134. The van der Waals surface area contributed by atoms with Crippen LogP contribution in [0.25, 0.3) is 0 Å². The number of imide groups is 1. The Balaban J connectivity index is 1.64. The molecule has 1 saturated heterocycles. The topological polar surface area (TPSA) is 78.5 Å². The molecule has 0 radical (unpaired) electrons. The average molecular weight is 422 g/mol. The molecule has 29 heavy (non-hydrogen) atoms. The normalized spacial score (nSPS) is 18.7. The summed E-state index contributed by atoms with van der Waals surface area (Å²) >= 11 is 5.90. The highest BCUT2D eigenvalue weighted by Gasteiger charge is 2.50. The molecule has 2 aromatic rings. The van der Waals surface area contributed by atoms with Crippen molar-refractivity contribution in [3.8, 4) is 0 Å². The van der Waals surface area contributed by atoms with Crippen LogP contribution in [0.2, 0.25) is 5.02 Å². The summed E-state index contributed by atoms with van der Waals surface area (Å²) in [5, 5.41) is 5.54. The first-order valence-electron chi connectivity index (χ1n) is 8.81. The highest BCUT2D eigenvalue weighted by Crippen LogP contribution is 2.31. The van der Waals surface area contributed by atoms with Crippen LogP contribution in [0.4, 0.5) is 13.6 Å². The fraction of sp³-hybridized carbons (Fsp3) is 0.250. The van der Waals surface area contributed by atoms with Crippen LogP contribution in [0.1, 0.15) is 18.1 Å². The molecule has 6 nitrogen and oxygen atoms in total. The van der Waals surface area contributed by atoms with Gasteiger partial charge in [-0.2, -0.15) is 0 Å². The van der Waals surface area contributed by atoms with E-state index in [0.29, 0.717) is 16.3 Å². The summed E-state index contributed by atoms with van der Waals surface area (Å²) < 4.78 is 27.7. The quantitative estimate of drug-likeness (QED) is 0.704. The molecule has 1 atom stereocenters. The van der Waals surface area contributed by atoms with Gasteiger partial charge in [0.25, 0.3) is 5.91 Å². The van der Waals surface area contributed by atoms with Gasteiger partial charge in [0.2, 0.25) is 5.91 Å². The van der Waals surface area contributed by atoms with Crippen molar-refractivity contribution in [3.05, 3.63) is 70.2 Å². The third kappa shape index (κ3) is 4.37. The lowest BCUT2D eigenvalue weighted by atomic mass is 9.91. The zero-order chi connectivity index (χ0) is 21.2. The molecule has 152 valence electrons. The molecule has 9 heteroatoms. The molecule has 1 heterocycles. The molecule has 0 aromatic heterocycles. The van der Waals surface area contributed by atoms with Gasteiger partial charge in [0.15, 0.2) is 0 Å². The number of amides is 4. The predicted molar refractivity (Wildman–Crippen MR) is 102 cm³/mol. The van der Waals surface area contributed by atoms with Crippen molar-refractivity contribution >= 4 is 29.4 Å². The molecule has 0 bridgehead atoms. The highest BCUT2D eigenvalue weighted by atomic mass is 35.5. The summed E-state index contributed by atoms with van der Waals surface area (Å²) in [5.41, 5.74) is -1.19. The van der Waals surface area contributed by atoms with E-state index >= 15 is 0 Å². The van der Waals surface area contributed by atoms with E-state index in [2.05, 4.69) is 10.6 Å². The molecule has 1 unspecified atom stereocenters. The molecule has 1 aliphatic heterocycles. The summed E-state index contributed by atoms with van der Waals surface area (Å²) in [7, 11) is 0. The Morgan fingerprint density at radius 1 is 1.21 bits per heavy atom. The van der Waals surface area contributed by atoms with E-state index < -0.39 is 41.6 Å². The van der Waals surface area contributed by atoms with Crippen LogP contribution in [-0.4, -0.2) is 35.8 Å². The molecule has 4 amide bonds. The lowest BCUT2D eigenvalue weighted by Gasteiger charge is -2.22. The van der Waals surface area contributed by atoms with Crippen molar-refractivity contribution in [2.75, 3.05) is 13.1 Å². The standard InChI is InChI=1S/C20H18ClF2N3O3/c1-20(15-10-14(22)5-6-16(15)23)18(28)26(19(29)25-20)11-17(27)24-8-7-12-3-2-4-13(21)9-12/h2-6,9-10H,7-8,11H2,1H3,(H,24,27)(H,25,29). The number of hydrogen-bond acceptors (Lipinski definition) is 3. The fourth-order valence-corrected chi connectivity index (χ4v) is 3.35. The van der Waals surface area contributed by atoms with Gasteiger partial charge in [-0.25, -0.2) is 13.6 Å². The average Bonchev–Trinajstić information content (AvgIpc) is 2.88. The fourth-order valence-electron chi connectivity index (χ4n) is 3.14. The third-order valence-electron chi connectivity index (χ3n) is 4.67. The van der Waals surface area contributed by atoms with Crippen LogP contribution in [-0.2, 0) is 21.5 Å². The summed E-state index contributed by atoms with van der Waals surface area (Å²) in [6, 6.07) is 8.93. The van der Waals surface area contributed by atoms with Gasteiger partial charge < -0.3 is 10.6 Å². The van der Waals surface area contributed by atoms with Gasteiger partial charge in [0.05, 0.1) is 0 Å². The van der Waals surface area contributed by atoms with Crippen LogP contribution >= 0.6 is 11.6 Å². The molecular weight excluding hydrogens is 404 g/mol. The number of benzene rings is 2. The van der Waals surface area contributed by atoms with Crippen molar-refractivity contribution < 1.29 is 23.2 Å². The van der Waals surface area contributed by atoms with Gasteiger partial charge in [0.1, 0.15) is 23.7 Å². The third-order valence-corrected chi connectivity index (χ3v) is 4.90. The molecule has 1 aliphatic rings. The molecule has 2 N–H and O–H groups in total. The monoisotopic (exact) mass is 421 g/mol. The molecule has 1 fully saturated rings. The second-order valence-electron chi connectivity index (χ2n) is 6.80. The van der Waals surface area contributed by atoms with Crippen molar-refractivity contribution in [3.63, 3.8) is 0 Å². The molecule has 2 aromatic carbocycles. The molecule has 0 aliphatic carbocycles. The number of halogens is 3. The van der Waals surface area contributed by atoms with E-state index in [0.717, 1.165) is 23.8 Å². The highest BCUT2D eigenvalue weighted by molar-refractivity contribution is 6.30. The minimum atomic E-state index is -1.80. The van der Waals surface area contributed by atoms with E-state index in [9.17, 15) is 23.2 Å². The SMILES string of the molecule is CC1(c2cc(F)ccc2F)NC(=O)N(CC(=O)NCCc2cccc(Cl)c2)C1=O. The number of carbonyl (C=O) groups is 3. The van der Waals surface area contributed by atoms with Crippen LogP contribution in [0, 0.1) is 11.6 Å². The maximum atomic E-state index is 14.1. The Bertz CT molecular complexity index is 985. The summed E-state index contributed by atoms with van der Waals surface area (Å²) in [6.07, 6.45) is 0.513. The maximum Gasteiger partial charge on any atom is 0.325 e. The van der Waals surface area contributed by atoms with Gasteiger partial charge in [-0.05, 0) is 49.2 Å². The minimum absolute atomic E-state index is 0.276. The second kappa shape index (κ2) is 8.16. The second-order valence-corrected chi connectivity index (χ2v) is 7.24. The number of hydrogen-bond donors (Lipinski definition) is 2.